The molecule has 1 heterocycles. The molecule has 0 atom stereocenters. The summed E-state index contributed by atoms with van der Waals surface area (Å²) in [6, 6.07) is 0. The molecule has 4 heteroatoms. The Morgan fingerprint density at radius 3 is 2.37 bits per heavy atom. The molecule has 1 aliphatic carbocycles. The van der Waals surface area contributed by atoms with Crippen molar-refractivity contribution >= 4 is 5.91 Å². The lowest BCUT2D eigenvalue weighted by Crippen LogP contribution is -2.43. The second-order valence-corrected chi connectivity index (χ2v) is 6.15. The van der Waals surface area contributed by atoms with Crippen LogP contribution in [0.2, 0.25) is 0 Å². The molecule has 110 valence electrons. The summed E-state index contributed by atoms with van der Waals surface area (Å²) in [5.74, 6) is 0.267. The zero-order valence-corrected chi connectivity index (χ0v) is 12.0. The van der Waals surface area contributed by atoms with E-state index in [1.165, 1.54) is 12.8 Å². The minimum Gasteiger partial charge on any atom is -0.389 e. The van der Waals surface area contributed by atoms with Crippen molar-refractivity contribution < 1.29 is 9.90 Å². The number of likely N-dealkylation sites (tertiary alicyclic amines) is 1. The summed E-state index contributed by atoms with van der Waals surface area (Å²) in [5.41, 5.74) is -0.521. The standard InChI is InChI=1S/C15H28N2O2/c18-14(17-11-5-2-6-12-17)7-10-16-13-15(19)8-3-1-4-9-15/h16,19H,1-13H2. The number of hydrogen-bond donors (Lipinski definition) is 2. The monoisotopic (exact) mass is 268 g/mol. The van der Waals surface area contributed by atoms with Crippen LogP contribution in [0.25, 0.3) is 0 Å². The maximum atomic E-state index is 12.0. The highest BCUT2D eigenvalue weighted by Crippen LogP contribution is 2.27. The first-order chi connectivity index (χ1) is 9.20. The largest absolute Gasteiger partial charge is 0.389 e. The Balaban J connectivity index is 1.59. The molecule has 19 heavy (non-hydrogen) atoms. The maximum Gasteiger partial charge on any atom is 0.223 e. The predicted octanol–water partition coefficient (Wildman–Crippen LogP) is 1.67. The van der Waals surface area contributed by atoms with Crippen LogP contribution >= 0.6 is 0 Å². The first-order valence-corrected chi connectivity index (χ1v) is 7.91. The van der Waals surface area contributed by atoms with Crippen molar-refractivity contribution in [2.45, 2.75) is 63.4 Å². The molecular weight excluding hydrogens is 240 g/mol. The summed E-state index contributed by atoms with van der Waals surface area (Å²) >= 11 is 0. The minimum absolute atomic E-state index is 0.267. The molecule has 0 aromatic carbocycles. The topological polar surface area (TPSA) is 52.6 Å². The number of piperidine rings is 1. The SMILES string of the molecule is O=C(CCNCC1(O)CCCCC1)N1CCCCC1. The Hall–Kier alpha value is -0.610. The molecule has 0 aromatic heterocycles. The first kappa shape index (κ1) is 14.8. The van der Waals surface area contributed by atoms with E-state index in [4.69, 9.17) is 0 Å². The van der Waals surface area contributed by atoms with Gasteiger partial charge in [0.05, 0.1) is 5.60 Å². The van der Waals surface area contributed by atoms with Crippen LogP contribution in [-0.2, 0) is 4.79 Å². The highest BCUT2D eigenvalue weighted by molar-refractivity contribution is 5.76. The van der Waals surface area contributed by atoms with Crippen LogP contribution in [0.4, 0.5) is 0 Å². The molecule has 1 saturated heterocycles. The zero-order valence-electron chi connectivity index (χ0n) is 12.0. The van der Waals surface area contributed by atoms with E-state index >= 15 is 0 Å². The summed E-state index contributed by atoms with van der Waals surface area (Å²) in [4.78, 5) is 13.9. The summed E-state index contributed by atoms with van der Waals surface area (Å²) in [5, 5.41) is 13.6. The number of amides is 1. The molecule has 1 saturated carbocycles. The number of carbonyl (C=O) groups is 1. The Morgan fingerprint density at radius 1 is 1.05 bits per heavy atom. The molecule has 0 aromatic rings. The van der Waals surface area contributed by atoms with E-state index in [1.807, 2.05) is 4.90 Å². The van der Waals surface area contributed by atoms with Crippen molar-refractivity contribution in [3.63, 3.8) is 0 Å². The van der Waals surface area contributed by atoms with E-state index in [9.17, 15) is 9.90 Å². The molecule has 0 bridgehead atoms. The van der Waals surface area contributed by atoms with Gasteiger partial charge in [0, 0.05) is 32.6 Å². The molecule has 2 fully saturated rings. The molecule has 1 aliphatic heterocycles. The fourth-order valence-corrected chi connectivity index (χ4v) is 3.20. The average Bonchev–Trinajstić information content (AvgIpc) is 2.45. The lowest BCUT2D eigenvalue weighted by atomic mass is 9.85. The fraction of sp³-hybridized carbons (Fsp3) is 0.933. The molecule has 0 radical (unpaired) electrons. The van der Waals surface area contributed by atoms with Crippen molar-refractivity contribution in [2.75, 3.05) is 26.2 Å². The van der Waals surface area contributed by atoms with Gasteiger partial charge in [0.15, 0.2) is 0 Å². The number of rotatable bonds is 5. The summed E-state index contributed by atoms with van der Waals surface area (Å²) in [7, 11) is 0. The normalized spacial score (nSPS) is 23.3. The Morgan fingerprint density at radius 2 is 1.68 bits per heavy atom. The quantitative estimate of drug-likeness (QED) is 0.746. The Labute approximate surface area is 116 Å². The molecule has 2 rings (SSSR count). The van der Waals surface area contributed by atoms with Gasteiger partial charge in [-0.2, -0.15) is 0 Å². The van der Waals surface area contributed by atoms with Crippen LogP contribution in [-0.4, -0.2) is 47.7 Å². The number of hydrogen-bond acceptors (Lipinski definition) is 3. The van der Waals surface area contributed by atoms with Crippen LogP contribution in [0, 0.1) is 0 Å². The van der Waals surface area contributed by atoms with Crippen LogP contribution in [0.5, 0.6) is 0 Å². The molecular formula is C15H28N2O2. The third-order valence-corrected chi connectivity index (χ3v) is 4.46. The van der Waals surface area contributed by atoms with Gasteiger partial charge < -0.3 is 15.3 Å². The van der Waals surface area contributed by atoms with Crippen molar-refractivity contribution in [1.29, 1.82) is 0 Å². The van der Waals surface area contributed by atoms with E-state index in [0.717, 1.165) is 51.6 Å². The molecule has 2 aliphatic rings. The fourth-order valence-electron chi connectivity index (χ4n) is 3.20. The summed E-state index contributed by atoms with van der Waals surface area (Å²) in [6.07, 6.45) is 9.44. The third-order valence-electron chi connectivity index (χ3n) is 4.46. The van der Waals surface area contributed by atoms with E-state index in [-0.39, 0.29) is 5.91 Å². The third kappa shape index (κ3) is 4.77. The minimum atomic E-state index is -0.521. The smallest absolute Gasteiger partial charge is 0.223 e. The number of carbonyl (C=O) groups excluding carboxylic acids is 1. The highest BCUT2D eigenvalue weighted by atomic mass is 16.3. The van der Waals surface area contributed by atoms with E-state index in [0.29, 0.717) is 19.5 Å². The van der Waals surface area contributed by atoms with Gasteiger partial charge in [-0.1, -0.05) is 19.3 Å². The Bertz CT molecular complexity index is 282. The van der Waals surface area contributed by atoms with Gasteiger partial charge in [0.1, 0.15) is 0 Å². The van der Waals surface area contributed by atoms with Crippen LogP contribution < -0.4 is 5.32 Å². The average molecular weight is 268 g/mol. The molecule has 0 unspecified atom stereocenters. The second kappa shape index (κ2) is 7.25. The molecule has 4 nitrogen and oxygen atoms in total. The van der Waals surface area contributed by atoms with E-state index < -0.39 is 5.60 Å². The lowest BCUT2D eigenvalue weighted by Gasteiger charge is -2.32. The van der Waals surface area contributed by atoms with Crippen molar-refractivity contribution in [1.82, 2.24) is 10.2 Å². The van der Waals surface area contributed by atoms with Crippen molar-refractivity contribution in [3.05, 3.63) is 0 Å². The van der Waals surface area contributed by atoms with Gasteiger partial charge >= 0.3 is 0 Å². The number of nitrogens with zero attached hydrogens (tertiary/aromatic N) is 1. The van der Waals surface area contributed by atoms with Crippen LogP contribution in [0.15, 0.2) is 0 Å². The molecule has 1 amide bonds. The van der Waals surface area contributed by atoms with E-state index in [2.05, 4.69) is 5.32 Å². The van der Waals surface area contributed by atoms with Gasteiger partial charge in [-0.25, -0.2) is 0 Å². The number of nitrogens with one attached hydrogen (secondary N) is 1. The first-order valence-electron chi connectivity index (χ1n) is 7.91. The van der Waals surface area contributed by atoms with Gasteiger partial charge in [-0.15, -0.1) is 0 Å². The number of aliphatic hydroxyl groups is 1. The predicted molar refractivity (Wildman–Crippen MR) is 76.0 cm³/mol. The second-order valence-electron chi connectivity index (χ2n) is 6.15. The maximum absolute atomic E-state index is 12.0. The van der Waals surface area contributed by atoms with Gasteiger partial charge in [-0.3, -0.25) is 4.79 Å². The van der Waals surface area contributed by atoms with Gasteiger partial charge in [0.25, 0.3) is 0 Å². The summed E-state index contributed by atoms with van der Waals surface area (Å²) in [6.45, 7) is 3.20. The van der Waals surface area contributed by atoms with Crippen LogP contribution in [0.3, 0.4) is 0 Å². The zero-order chi connectivity index (χ0) is 13.6. The Kier molecular flexibility index (Phi) is 5.64. The molecule has 2 N–H and O–H groups in total. The summed E-state index contributed by atoms with van der Waals surface area (Å²) < 4.78 is 0. The van der Waals surface area contributed by atoms with E-state index in [1.54, 1.807) is 0 Å². The van der Waals surface area contributed by atoms with Gasteiger partial charge in [0.2, 0.25) is 5.91 Å². The van der Waals surface area contributed by atoms with Gasteiger partial charge in [-0.05, 0) is 32.1 Å². The highest BCUT2D eigenvalue weighted by Gasteiger charge is 2.28. The van der Waals surface area contributed by atoms with Crippen molar-refractivity contribution in [3.8, 4) is 0 Å². The lowest BCUT2D eigenvalue weighted by molar-refractivity contribution is -0.132. The van der Waals surface area contributed by atoms with Crippen molar-refractivity contribution in [2.24, 2.45) is 0 Å². The molecule has 0 spiro atoms. The van der Waals surface area contributed by atoms with Crippen LogP contribution in [0.1, 0.15) is 57.8 Å².